The normalized spacial score (nSPS) is 19.3. The number of benzene rings is 2. The van der Waals surface area contributed by atoms with E-state index in [-0.39, 0.29) is 11.7 Å². The van der Waals surface area contributed by atoms with E-state index in [1.54, 1.807) is 42.2 Å². The molecule has 0 spiro atoms. The number of carbonyl (C=O) groups is 2. The van der Waals surface area contributed by atoms with Gasteiger partial charge in [-0.25, -0.2) is 4.39 Å². The van der Waals surface area contributed by atoms with Crippen LogP contribution in [-0.4, -0.2) is 50.6 Å². The summed E-state index contributed by atoms with van der Waals surface area (Å²) in [7, 11) is 1.92. The molecule has 8 heteroatoms. The monoisotopic (exact) mass is 426 g/mol. The average molecular weight is 426 g/mol. The fourth-order valence-electron chi connectivity index (χ4n) is 4.18. The molecule has 2 aromatic carbocycles. The second-order valence-electron chi connectivity index (χ2n) is 8.04. The lowest BCUT2D eigenvalue weighted by atomic mass is 9.98. The minimum atomic E-state index is -0.755. The number of likely N-dealkylation sites (N-methyl/N-ethyl adjacent to an activating group) is 1. The Bertz CT molecular complexity index is 1010. The van der Waals surface area contributed by atoms with Gasteiger partial charge in [0.05, 0.1) is 5.69 Å². The molecule has 2 atom stereocenters. The fourth-order valence-corrected chi connectivity index (χ4v) is 4.18. The van der Waals surface area contributed by atoms with E-state index in [4.69, 9.17) is 10.5 Å². The van der Waals surface area contributed by atoms with Crippen molar-refractivity contribution < 1.29 is 18.7 Å². The zero-order valence-electron chi connectivity index (χ0n) is 17.7. The highest BCUT2D eigenvalue weighted by Crippen LogP contribution is 2.31. The van der Waals surface area contributed by atoms with Crippen LogP contribution >= 0.6 is 0 Å². The van der Waals surface area contributed by atoms with Crippen LogP contribution in [0.15, 0.2) is 36.4 Å². The second kappa shape index (κ2) is 8.55. The molecule has 7 nitrogen and oxygen atoms in total. The molecule has 1 saturated heterocycles. The highest BCUT2D eigenvalue weighted by Gasteiger charge is 2.28. The van der Waals surface area contributed by atoms with E-state index in [0.717, 1.165) is 25.1 Å². The van der Waals surface area contributed by atoms with Gasteiger partial charge in [-0.15, -0.1) is 0 Å². The Morgan fingerprint density at radius 3 is 2.74 bits per heavy atom. The van der Waals surface area contributed by atoms with Crippen LogP contribution in [0.2, 0.25) is 0 Å². The predicted octanol–water partition coefficient (Wildman–Crippen LogP) is 2.08. The zero-order chi connectivity index (χ0) is 22.1. The molecule has 0 saturated carbocycles. The first-order chi connectivity index (χ1) is 14.9. The Morgan fingerprint density at radius 1 is 1.26 bits per heavy atom. The van der Waals surface area contributed by atoms with Gasteiger partial charge in [0.25, 0.3) is 11.8 Å². The third-order valence-corrected chi connectivity index (χ3v) is 6.05. The average Bonchev–Trinajstić information content (AvgIpc) is 3.23. The quantitative estimate of drug-likeness (QED) is 0.739. The molecule has 2 aliphatic rings. The van der Waals surface area contributed by atoms with Crippen molar-refractivity contribution in [2.45, 2.75) is 31.9 Å². The van der Waals surface area contributed by atoms with Crippen molar-refractivity contribution in [1.29, 1.82) is 0 Å². The third kappa shape index (κ3) is 4.20. The summed E-state index contributed by atoms with van der Waals surface area (Å²) in [4.78, 5) is 27.9. The van der Waals surface area contributed by atoms with E-state index in [2.05, 4.69) is 5.32 Å². The molecule has 0 aliphatic carbocycles. The summed E-state index contributed by atoms with van der Waals surface area (Å²) in [6.45, 7) is 3.58. The van der Waals surface area contributed by atoms with Gasteiger partial charge < -0.3 is 25.6 Å². The maximum absolute atomic E-state index is 14.9. The Labute approximate surface area is 181 Å². The summed E-state index contributed by atoms with van der Waals surface area (Å²) >= 11 is 0. The second-order valence-corrected chi connectivity index (χ2v) is 8.04. The van der Waals surface area contributed by atoms with Crippen molar-refractivity contribution in [1.82, 2.24) is 5.32 Å². The number of nitrogens with zero attached hydrogens (tertiary/aromatic N) is 2. The standard InChI is InChI=1S/C23H27FN4O3/c1-14(22(25)29)31-18-4-5-19-15(11-18)7-10-28(23(19)30)17-3-6-21(20(24)12-17)27-9-8-16(13-27)26-2/h3-6,11-12,14,16,26H,7-10,13H2,1-2H3,(H2,25,29). The number of rotatable bonds is 6. The Morgan fingerprint density at radius 2 is 2.06 bits per heavy atom. The number of ether oxygens (including phenoxy) is 1. The summed E-state index contributed by atoms with van der Waals surface area (Å²) in [6.07, 6.45) is 0.820. The van der Waals surface area contributed by atoms with Crippen molar-refractivity contribution in [2.24, 2.45) is 5.73 Å². The van der Waals surface area contributed by atoms with Gasteiger partial charge in [0.15, 0.2) is 6.10 Å². The molecule has 2 aliphatic heterocycles. The van der Waals surface area contributed by atoms with E-state index in [9.17, 15) is 14.0 Å². The Balaban J connectivity index is 1.51. The Hall–Kier alpha value is -3.13. The summed E-state index contributed by atoms with van der Waals surface area (Å²) in [5, 5.41) is 3.23. The molecular weight excluding hydrogens is 399 g/mol. The lowest BCUT2D eigenvalue weighted by molar-refractivity contribution is -0.123. The number of hydrogen-bond acceptors (Lipinski definition) is 5. The maximum atomic E-state index is 14.9. The number of carbonyl (C=O) groups excluding carboxylic acids is 2. The van der Waals surface area contributed by atoms with Crippen LogP contribution in [0.4, 0.5) is 15.8 Å². The van der Waals surface area contributed by atoms with Crippen LogP contribution in [0.1, 0.15) is 29.3 Å². The fraction of sp³-hybridized carbons (Fsp3) is 0.391. The van der Waals surface area contributed by atoms with Crippen molar-refractivity contribution in [3.63, 3.8) is 0 Å². The first-order valence-electron chi connectivity index (χ1n) is 10.5. The van der Waals surface area contributed by atoms with Gasteiger partial charge in [-0.2, -0.15) is 0 Å². The maximum Gasteiger partial charge on any atom is 0.258 e. The van der Waals surface area contributed by atoms with Gasteiger partial charge >= 0.3 is 0 Å². The van der Waals surface area contributed by atoms with Crippen LogP contribution in [0.25, 0.3) is 0 Å². The first-order valence-corrected chi connectivity index (χ1v) is 10.5. The molecule has 3 N–H and O–H groups in total. The van der Waals surface area contributed by atoms with Gasteiger partial charge in [0.2, 0.25) is 0 Å². The van der Waals surface area contributed by atoms with Gasteiger partial charge in [0.1, 0.15) is 11.6 Å². The van der Waals surface area contributed by atoms with Gasteiger partial charge in [-0.1, -0.05) is 0 Å². The van der Waals surface area contributed by atoms with E-state index >= 15 is 0 Å². The van der Waals surface area contributed by atoms with E-state index < -0.39 is 12.0 Å². The topological polar surface area (TPSA) is 87.9 Å². The van der Waals surface area contributed by atoms with Crippen LogP contribution in [0, 0.1) is 5.82 Å². The molecule has 164 valence electrons. The summed E-state index contributed by atoms with van der Waals surface area (Å²) in [5.41, 5.74) is 7.74. The lowest BCUT2D eigenvalue weighted by Gasteiger charge is -2.30. The lowest BCUT2D eigenvalue weighted by Crippen LogP contribution is -2.38. The molecule has 0 aromatic heterocycles. The first kappa shape index (κ1) is 21.1. The molecule has 1 fully saturated rings. The number of primary amides is 1. The molecule has 2 heterocycles. The minimum absolute atomic E-state index is 0.181. The van der Waals surface area contributed by atoms with Crippen molar-refractivity contribution in [2.75, 3.05) is 36.5 Å². The van der Waals surface area contributed by atoms with Gasteiger partial charge in [-0.3, -0.25) is 9.59 Å². The molecule has 2 amide bonds. The number of nitrogens with two attached hydrogens (primary N) is 1. The summed E-state index contributed by atoms with van der Waals surface area (Å²) < 4.78 is 20.4. The Kier molecular flexibility index (Phi) is 5.82. The number of hydrogen-bond donors (Lipinski definition) is 2. The smallest absolute Gasteiger partial charge is 0.258 e. The van der Waals surface area contributed by atoms with Crippen LogP contribution < -0.4 is 25.6 Å². The molecule has 2 aromatic rings. The van der Waals surface area contributed by atoms with E-state index in [0.29, 0.717) is 41.7 Å². The molecular formula is C23H27FN4O3. The summed E-state index contributed by atoms with van der Waals surface area (Å²) in [6, 6.07) is 10.5. The van der Waals surface area contributed by atoms with E-state index in [1.165, 1.54) is 6.07 Å². The highest BCUT2D eigenvalue weighted by atomic mass is 19.1. The third-order valence-electron chi connectivity index (χ3n) is 6.05. The zero-order valence-corrected chi connectivity index (χ0v) is 17.7. The number of amides is 2. The van der Waals surface area contributed by atoms with Gasteiger partial charge in [0, 0.05) is 36.9 Å². The largest absolute Gasteiger partial charge is 0.481 e. The molecule has 31 heavy (non-hydrogen) atoms. The number of anilines is 2. The van der Waals surface area contributed by atoms with Crippen LogP contribution in [0.3, 0.4) is 0 Å². The highest BCUT2D eigenvalue weighted by molar-refractivity contribution is 6.08. The minimum Gasteiger partial charge on any atom is -0.481 e. The number of fused-ring (bicyclic) bond motifs is 1. The summed E-state index contributed by atoms with van der Waals surface area (Å²) in [5.74, 6) is -0.565. The van der Waals surface area contributed by atoms with E-state index in [1.807, 2.05) is 11.9 Å². The van der Waals surface area contributed by atoms with Crippen molar-refractivity contribution in [3.05, 3.63) is 53.3 Å². The van der Waals surface area contributed by atoms with Gasteiger partial charge in [-0.05, 0) is 68.8 Å². The number of halogens is 1. The predicted molar refractivity (Wildman–Crippen MR) is 117 cm³/mol. The van der Waals surface area contributed by atoms with Crippen LogP contribution in [-0.2, 0) is 11.2 Å². The number of nitrogens with one attached hydrogen (secondary N) is 1. The molecule has 0 bridgehead atoms. The van der Waals surface area contributed by atoms with Crippen LogP contribution in [0.5, 0.6) is 5.75 Å². The van der Waals surface area contributed by atoms with Crippen molar-refractivity contribution in [3.8, 4) is 5.75 Å². The molecule has 4 rings (SSSR count). The SMILES string of the molecule is CNC1CCN(c2ccc(N3CCc4cc(OC(C)C(N)=O)ccc4C3=O)cc2F)C1. The van der Waals surface area contributed by atoms with Crippen molar-refractivity contribution >= 4 is 23.2 Å². The molecule has 0 radical (unpaired) electrons. The molecule has 2 unspecified atom stereocenters.